The van der Waals surface area contributed by atoms with Crippen molar-refractivity contribution in [2.75, 3.05) is 41.3 Å². The monoisotopic (exact) mass is 1770 g/mol. The number of benzene rings is 7. The van der Waals surface area contributed by atoms with E-state index in [2.05, 4.69) is 44.2 Å². The molecule has 1 radical (unpaired) electrons. The van der Waals surface area contributed by atoms with Gasteiger partial charge < -0.3 is 59.8 Å². The van der Waals surface area contributed by atoms with Gasteiger partial charge in [-0.2, -0.15) is 47.9 Å². The number of rotatable bonds is 6. The first-order valence-electron chi connectivity index (χ1n) is 38.1. The van der Waals surface area contributed by atoms with Crippen LogP contribution in [-0.2, 0) is 36.5 Å². The van der Waals surface area contributed by atoms with Gasteiger partial charge in [0.15, 0.2) is 0 Å². The molecule has 0 spiro atoms. The summed E-state index contributed by atoms with van der Waals surface area (Å²) in [6.45, 7) is 34.2. The quantitative estimate of drug-likeness (QED) is 0.0931. The molecule has 635 valence electrons. The predicted molar refractivity (Wildman–Crippen MR) is 527 cm³/mol. The van der Waals surface area contributed by atoms with Gasteiger partial charge in [0.2, 0.25) is 0 Å². The number of hydrogen-bond donors (Lipinski definition) is 1. The number of hydrogen-bond acceptors (Lipinski definition) is 16. The summed E-state index contributed by atoms with van der Waals surface area (Å²) in [6, 6.07) is 55.8. The molecule has 16 nitrogen and oxygen atoms in total. The molecule has 16 bridgehead atoms. The van der Waals surface area contributed by atoms with Gasteiger partial charge in [0.25, 0.3) is 0 Å². The van der Waals surface area contributed by atoms with Crippen LogP contribution in [0.4, 0.5) is 0 Å². The fourth-order valence-electron chi connectivity index (χ4n) is 11.5. The smallest absolute Gasteiger partial charge is 0.357 e. The van der Waals surface area contributed by atoms with Gasteiger partial charge in [0.05, 0.1) is 46.6 Å². The SMILES string of the molecule is C.C.C.C.C.C.C.C.C1=C2C(=CCC1)c1nc2nc2[n-]c(nc3nc(nc4[n-]c(n1)c1ccccc41)-c1ccccc1-3)c1ccccc21.CC.CC.CC.CC.CC.CC.CC.CC.CCSCCSC.CSCCS.[Cu+2].[Zn+2].c1ccc2c(c1)-c1nc-2nc2[n-]c(nc3nc(nc4[n-]c(n1)c1ccccc41)-c1ccccc1-3)c1ccccc21. The average molecular weight is 1770 g/mol. The third-order valence-electron chi connectivity index (χ3n) is 15.8. The Labute approximate surface area is 750 Å². The van der Waals surface area contributed by atoms with Gasteiger partial charge in [-0.1, -0.05) is 359 Å². The molecule has 0 atom stereocenters. The van der Waals surface area contributed by atoms with E-state index in [1.165, 1.54) is 23.0 Å². The van der Waals surface area contributed by atoms with Crippen LogP contribution in [0, 0.1) is 0 Å². The number of nitrogens with zero attached hydrogens (tertiary/aromatic N) is 16. The van der Waals surface area contributed by atoms with Crippen LogP contribution in [0.15, 0.2) is 182 Å². The molecule has 7 aromatic carbocycles. The molecule has 0 fully saturated rings. The maximum absolute atomic E-state index is 4.98. The van der Waals surface area contributed by atoms with Gasteiger partial charge in [0, 0.05) is 107 Å². The minimum atomic E-state index is 0. The van der Waals surface area contributed by atoms with Crippen LogP contribution in [0.3, 0.4) is 0 Å². The summed E-state index contributed by atoms with van der Waals surface area (Å²) in [5.74, 6) is 10.6. The first-order valence-corrected chi connectivity index (χ1v) is 42.7. The average Bonchev–Trinajstić information content (AvgIpc) is 1.61. The van der Waals surface area contributed by atoms with Gasteiger partial charge in [-0.05, 0) is 79.9 Å². The topological polar surface area (TPSA) is 211 Å². The Bertz CT molecular complexity index is 5020. The van der Waals surface area contributed by atoms with E-state index in [1.807, 2.05) is 316 Å². The van der Waals surface area contributed by atoms with Crippen LogP contribution in [0.2, 0.25) is 0 Å². The number of fused-ring (bicyclic) bond motifs is 40. The zero-order valence-corrected chi connectivity index (χ0v) is 74.4. The molecule has 22 heteroatoms. The summed E-state index contributed by atoms with van der Waals surface area (Å²) in [7, 11) is 0. The maximum Gasteiger partial charge on any atom is 2.00 e. The van der Waals surface area contributed by atoms with Crippen LogP contribution in [0.1, 0.15) is 202 Å². The standard InChI is InChI=1S/C32H18N8.C32H16N8.C5H12S2.C3H8S2.8C2H6.8CH4.Cu.Zn/c2*1-2-10-18-17(9-1)25-33-26(18)38-28-21-13-5-6-14-22(21)30(35-28)40-32-24-16-8-7-15-23(24)31(36-32)39-29-20-12-4-3-11-19(20)27(34-29)37-25;1-3-7-5-4-6-2;1-5-3-2-4;8*1-2;;;;;;;;;;/h1-6,9-16H,7-8H2;1-16H;3-5H2,1-2H3;4H,2-3H2,1H3;8*1-2H3;8*1H4;;/q2*-2;;;;;;;;;;;;;;;;;;;2*+2. The van der Waals surface area contributed by atoms with E-state index in [-0.39, 0.29) is 96.0 Å². The Morgan fingerprint density at radius 2 is 0.449 bits per heavy atom. The third kappa shape index (κ3) is 26.6. The van der Waals surface area contributed by atoms with Crippen molar-refractivity contribution < 1.29 is 36.5 Å². The molecule has 10 heterocycles. The van der Waals surface area contributed by atoms with Crippen molar-refractivity contribution in [3.05, 3.63) is 194 Å². The van der Waals surface area contributed by atoms with Crippen molar-refractivity contribution in [1.29, 1.82) is 0 Å². The molecule has 13 aromatic rings. The molecule has 0 saturated carbocycles. The van der Waals surface area contributed by atoms with Gasteiger partial charge >= 0.3 is 36.5 Å². The van der Waals surface area contributed by atoms with E-state index < -0.39 is 0 Å². The summed E-state index contributed by atoms with van der Waals surface area (Å²) in [6.07, 6.45) is 10.4. The Hall–Kier alpha value is -8.72. The molecule has 5 aliphatic rings. The van der Waals surface area contributed by atoms with Crippen LogP contribution < -0.4 is 19.9 Å². The Kier molecular flexibility index (Phi) is 59.5. The van der Waals surface area contributed by atoms with Crippen molar-refractivity contribution >= 4 is 147 Å². The normalized spacial score (nSPS) is 10.2. The largest absolute Gasteiger partial charge is 2.00 e. The first kappa shape index (κ1) is 116. The minimum absolute atomic E-state index is 0. The van der Waals surface area contributed by atoms with E-state index in [1.54, 1.807) is 0 Å². The van der Waals surface area contributed by atoms with Crippen LogP contribution >= 0.6 is 47.9 Å². The van der Waals surface area contributed by atoms with Gasteiger partial charge in [-0.3, -0.25) is 0 Å². The molecule has 0 saturated heterocycles. The molecule has 0 amide bonds. The van der Waals surface area contributed by atoms with E-state index in [0.717, 1.165) is 106 Å². The molecule has 4 aliphatic heterocycles. The third-order valence-corrected chi connectivity index (χ3v) is 18.7. The Balaban J connectivity index is -0.000000792. The van der Waals surface area contributed by atoms with Crippen molar-refractivity contribution in [1.82, 2.24) is 79.7 Å². The summed E-state index contributed by atoms with van der Waals surface area (Å²) in [4.78, 5) is 78.7. The van der Waals surface area contributed by atoms with Gasteiger partial charge in [0.1, 0.15) is 0 Å². The zero-order chi connectivity index (χ0) is 78.1. The second-order valence-corrected chi connectivity index (χ2v) is 25.3. The van der Waals surface area contributed by atoms with E-state index in [9.17, 15) is 0 Å². The number of thioether (sulfide) groups is 3. The summed E-state index contributed by atoms with van der Waals surface area (Å²) < 4.78 is 0. The van der Waals surface area contributed by atoms with Gasteiger partial charge in [-0.15, -0.1) is 0 Å². The van der Waals surface area contributed by atoms with E-state index in [0.29, 0.717) is 91.8 Å². The second-order valence-electron chi connectivity index (χ2n) is 21.5. The molecule has 1 aliphatic carbocycles. The fraction of sp³-hybridized carbons (Fsp3) is 0.354. The molecule has 118 heavy (non-hydrogen) atoms. The second kappa shape index (κ2) is 60.7. The minimum Gasteiger partial charge on any atom is -0.357 e. The Morgan fingerprint density at radius 1 is 0.271 bits per heavy atom. The Morgan fingerprint density at radius 3 is 0.619 bits per heavy atom. The maximum atomic E-state index is 4.98. The van der Waals surface area contributed by atoms with Crippen LogP contribution in [0.25, 0.3) is 168 Å². The molecule has 0 unspecified atom stereocenters. The molecular weight excluding hydrogens is 1630 g/mol. The number of aromatic nitrogens is 16. The van der Waals surface area contributed by atoms with Crippen molar-refractivity contribution in [2.24, 2.45) is 0 Å². The molecular formula is C96H134CuN16S4Zn. The summed E-state index contributed by atoms with van der Waals surface area (Å²) in [5.41, 5.74) is 11.8. The molecule has 6 aromatic heterocycles. The van der Waals surface area contributed by atoms with Crippen LogP contribution in [-0.4, -0.2) is 101 Å². The number of thiol groups is 1. The zero-order valence-electron chi connectivity index (χ0n) is 67.1. The summed E-state index contributed by atoms with van der Waals surface area (Å²) >= 11 is 9.74. The summed E-state index contributed by atoms with van der Waals surface area (Å²) in [5, 5.41) is 7.21. The van der Waals surface area contributed by atoms with E-state index >= 15 is 0 Å². The van der Waals surface area contributed by atoms with Crippen molar-refractivity contribution in [2.45, 2.75) is 190 Å². The fourth-order valence-corrected chi connectivity index (χ4v) is 13.7. The van der Waals surface area contributed by atoms with Crippen LogP contribution in [0.5, 0.6) is 0 Å². The predicted octanol–water partition coefficient (Wildman–Crippen LogP) is 28.9. The van der Waals surface area contributed by atoms with Crippen molar-refractivity contribution in [3.8, 4) is 68.3 Å². The number of allylic oxidation sites excluding steroid dienone is 4. The van der Waals surface area contributed by atoms with Gasteiger partial charge in [-0.25, -0.2) is 19.9 Å². The first-order chi connectivity index (χ1) is 53.4. The van der Waals surface area contributed by atoms with E-state index in [4.69, 9.17) is 79.7 Å². The van der Waals surface area contributed by atoms with Crippen molar-refractivity contribution in [3.63, 3.8) is 0 Å². The molecule has 18 rings (SSSR count). The molecule has 0 N–H and O–H groups in total.